The van der Waals surface area contributed by atoms with Crippen LogP contribution >= 0.6 is 0 Å². The number of nitrogens with zero attached hydrogens (tertiary/aromatic N) is 5. The molecule has 4 rings (SSSR count). The van der Waals surface area contributed by atoms with Crippen molar-refractivity contribution >= 4 is 22.8 Å². The van der Waals surface area contributed by atoms with Crippen molar-refractivity contribution in [1.82, 2.24) is 18.7 Å². The summed E-state index contributed by atoms with van der Waals surface area (Å²) in [6, 6.07) is 8.14. The van der Waals surface area contributed by atoms with Crippen molar-refractivity contribution in [1.29, 1.82) is 0 Å². The summed E-state index contributed by atoms with van der Waals surface area (Å²) in [5, 5.41) is 0. The van der Waals surface area contributed by atoms with E-state index in [0.29, 0.717) is 29.6 Å². The first kappa shape index (κ1) is 18.3. The van der Waals surface area contributed by atoms with Gasteiger partial charge in [0, 0.05) is 25.8 Å². The zero-order valence-corrected chi connectivity index (χ0v) is 16.8. The van der Waals surface area contributed by atoms with Gasteiger partial charge in [0.1, 0.15) is 0 Å². The second-order valence-corrected chi connectivity index (χ2v) is 7.89. The Balaban J connectivity index is 2.04. The molecule has 7 heteroatoms. The van der Waals surface area contributed by atoms with Crippen LogP contribution in [0.15, 0.2) is 46.0 Å². The van der Waals surface area contributed by atoms with E-state index >= 15 is 0 Å². The zero-order valence-electron chi connectivity index (χ0n) is 16.8. The molecule has 0 amide bonds. The first-order valence-electron chi connectivity index (χ1n) is 9.47. The van der Waals surface area contributed by atoms with Gasteiger partial charge in [-0.15, -0.1) is 0 Å². The molecule has 1 aliphatic rings. The molecule has 3 heterocycles. The number of anilines is 2. The smallest absolute Gasteiger partial charge is 0.311 e. The van der Waals surface area contributed by atoms with E-state index in [1.807, 2.05) is 23.6 Å². The molecule has 0 fully saturated rings. The Labute approximate surface area is 163 Å². The maximum absolute atomic E-state index is 13.2. The summed E-state index contributed by atoms with van der Waals surface area (Å²) >= 11 is 0. The van der Waals surface area contributed by atoms with Gasteiger partial charge in [0.25, 0.3) is 5.56 Å². The molecule has 1 aliphatic heterocycles. The number of rotatable bonds is 3. The molecule has 0 bridgehead atoms. The third-order valence-corrected chi connectivity index (χ3v) is 5.28. The number of hydrogen-bond acceptors (Lipinski definition) is 4. The van der Waals surface area contributed by atoms with Crippen molar-refractivity contribution in [3.05, 3.63) is 62.8 Å². The third kappa shape index (κ3) is 2.69. The van der Waals surface area contributed by atoms with Gasteiger partial charge in [-0.3, -0.25) is 13.9 Å². The van der Waals surface area contributed by atoms with Crippen LogP contribution in [0.3, 0.4) is 0 Å². The minimum absolute atomic E-state index is 0.207. The molecule has 7 nitrogen and oxygen atoms in total. The normalized spacial score (nSPS) is 16.4. The van der Waals surface area contributed by atoms with Crippen molar-refractivity contribution < 1.29 is 0 Å². The van der Waals surface area contributed by atoms with Crippen LogP contribution in [0.5, 0.6) is 0 Å². The van der Waals surface area contributed by atoms with E-state index in [2.05, 4.69) is 37.5 Å². The highest BCUT2D eigenvalue weighted by Crippen LogP contribution is 2.34. The molecule has 0 spiro atoms. The number of hydrogen-bond donors (Lipinski definition) is 0. The summed E-state index contributed by atoms with van der Waals surface area (Å²) in [6.45, 7) is 11.6. The van der Waals surface area contributed by atoms with Crippen LogP contribution < -0.4 is 16.1 Å². The fourth-order valence-corrected chi connectivity index (χ4v) is 3.98. The monoisotopic (exact) mass is 379 g/mol. The van der Waals surface area contributed by atoms with E-state index in [9.17, 15) is 9.59 Å². The standard InChI is InChI=1S/C21H25N5O2/c1-13(2)10-26-19(27)17-18(23(5)21(26)28)22-20-24(11-14(3)12-25(17)20)16-9-7-6-8-15(16)4/h6-9,14H,1,10-12H2,2-5H3. The van der Waals surface area contributed by atoms with Gasteiger partial charge in [-0.05, 0) is 31.4 Å². The lowest BCUT2D eigenvalue weighted by molar-refractivity contribution is 0.457. The highest BCUT2D eigenvalue weighted by atomic mass is 16.2. The molecule has 0 saturated heterocycles. The Bertz CT molecular complexity index is 1210. The van der Waals surface area contributed by atoms with E-state index in [4.69, 9.17) is 4.98 Å². The van der Waals surface area contributed by atoms with E-state index in [0.717, 1.165) is 23.4 Å². The topological polar surface area (TPSA) is 65.1 Å². The lowest BCUT2D eigenvalue weighted by Crippen LogP contribution is -2.40. The second kappa shape index (κ2) is 6.51. The first-order valence-corrected chi connectivity index (χ1v) is 9.47. The Kier molecular flexibility index (Phi) is 4.25. The number of benzene rings is 1. The fraction of sp³-hybridized carbons (Fsp3) is 0.381. The number of aromatic nitrogens is 4. The lowest BCUT2D eigenvalue weighted by Gasteiger charge is -2.33. The fourth-order valence-electron chi connectivity index (χ4n) is 3.98. The van der Waals surface area contributed by atoms with Crippen LogP contribution in [0.2, 0.25) is 0 Å². The summed E-state index contributed by atoms with van der Waals surface area (Å²) in [5.74, 6) is 1.04. The van der Waals surface area contributed by atoms with Gasteiger partial charge in [-0.1, -0.05) is 37.3 Å². The summed E-state index contributed by atoms with van der Waals surface area (Å²) in [7, 11) is 1.67. The molecular weight excluding hydrogens is 354 g/mol. The molecule has 1 aromatic carbocycles. The van der Waals surface area contributed by atoms with E-state index in [1.54, 1.807) is 7.05 Å². The van der Waals surface area contributed by atoms with Crippen LogP contribution in [-0.4, -0.2) is 25.2 Å². The highest BCUT2D eigenvalue weighted by molar-refractivity contribution is 5.77. The predicted octanol–water partition coefficient (Wildman–Crippen LogP) is 2.57. The van der Waals surface area contributed by atoms with Gasteiger partial charge < -0.3 is 9.47 Å². The van der Waals surface area contributed by atoms with Crippen molar-refractivity contribution in [2.45, 2.75) is 33.9 Å². The van der Waals surface area contributed by atoms with Gasteiger partial charge in [-0.25, -0.2) is 4.79 Å². The predicted molar refractivity (Wildman–Crippen MR) is 111 cm³/mol. The maximum Gasteiger partial charge on any atom is 0.332 e. The minimum Gasteiger partial charge on any atom is -0.311 e. The summed E-state index contributed by atoms with van der Waals surface area (Å²) in [5.41, 5.74) is 3.19. The number of fused-ring (bicyclic) bond motifs is 3. The summed E-state index contributed by atoms with van der Waals surface area (Å²) < 4.78 is 4.68. The summed E-state index contributed by atoms with van der Waals surface area (Å²) in [6.07, 6.45) is 0. The second-order valence-electron chi connectivity index (χ2n) is 7.89. The van der Waals surface area contributed by atoms with Crippen LogP contribution in [0.1, 0.15) is 19.4 Å². The number of aryl methyl sites for hydroxylation is 2. The molecule has 146 valence electrons. The molecule has 1 atom stereocenters. The molecule has 2 aromatic heterocycles. The molecule has 1 unspecified atom stereocenters. The van der Waals surface area contributed by atoms with Crippen molar-refractivity contribution in [3.8, 4) is 0 Å². The quantitative estimate of drug-likeness (QED) is 0.656. The van der Waals surface area contributed by atoms with Gasteiger partial charge in [0.05, 0.1) is 6.54 Å². The van der Waals surface area contributed by atoms with Crippen molar-refractivity contribution in [3.63, 3.8) is 0 Å². The molecule has 0 N–H and O–H groups in total. The molecule has 0 radical (unpaired) electrons. The van der Waals surface area contributed by atoms with Gasteiger partial charge in [0.15, 0.2) is 11.2 Å². The average Bonchev–Trinajstić information content (AvgIpc) is 3.02. The van der Waals surface area contributed by atoms with Gasteiger partial charge >= 0.3 is 5.69 Å². The number of allylic oxidation sites excluding steroid dienone is 1. The Morgan fingerprint density at radius 1 is 1.25 bits per heavy atom. The summed E-state index contributed by atoms with van der Waals surface area (Å²) in [4.78, 5) is 32.9. The van der Waals surface area contributed by atoms with Crippen LogP contribution in [-0.2, 0) is 20.1 Å². The molecular formula is C21H25N5O2. The van der Waals surface area contributed by atoms with Gasteiger partial charge in [-0.2, -0.15) is 4.98 Å². The van der Waals surface area contributed by atoms with Crippen LogP contribution in [0.4, 0.5) is 11.6 Å². The average molecular weight is 379 g/mol. The largest absolute Gasteiger partial charge is 0.332 e. The minimum atomic E-state index is -0.369. The lowest BCUT2D eigenvalue weighted by atomic mass is 10.1. The van der Waals surface area contributed by atoms with E-state index < -0.39 is 0 Å². The molecule has 28 heavy (non-hydrogen) atoms. The van der Waals surface area contributed by atoms with Gasteiger partial charge in [0.2, 0.25) is 5.95 Å². The Morgan fingerprint density at radius 3 is 2.64 bits per heavy atom. The molecule has 0 saturated carbocycles. The van der Waals surface area contributed by atoms with Crippen molar-refractivity contribution in [2.24, 2.45) is 13.0 Å². The Morgan fingerprint density at radius 2 is 1.96 bits per heavy atom. The van der Waals surface area contributed by atoms with Crippen molar-refractivity contribution in [2.75, 3.05) is 11.4 Å². The number of imidazole rings is 1. The first-order chi connectivity index (χ1) is 13.3. The van der Waals surface area contributed by atoms with E-state index in [1.165, 1.54) is 9.13 Å². The number of para-hydroxylation sites is 1. The molecule has 3 aromatic rings. The third-order valence-electron chi connectivity index (χ3n) is 5.28. The Hall–Kier alpha value is -3.09. The zero-order chi connectivity index (χ0) is 20.2. The van der Waals surface area contributed by atoms with Crippen LogP contribution in [0.25, 0.3) is 11.2 Å². The highest BCUT2D eigenvalue weighted by Gasteiger charge is 2.30. The maximum atomic E-state index is 13.2. The van der Waals surface area contributed by atoms with Crippen LogP contribution in [0, 0.1) is 12.8 Å². The molecule has 0 aliphatic carbocycles. The SMILES string of the molecule is C=C(C)Cn1c(=O)c2c(nc3n2CC(C)CN3c2ccccc2C)n(C)c1=O. The van der Waals surface area contributed by atoms with E-state index in [-0.39, 0.29) is 17.8 Å².